The maximum atomic E-state index is 11.1. The highest BCUT2D eigenvalue weighted by molar-refractivity contribution is 9.10. The zero-order valence-corrected chi connectivity index (χ0v) is 13.0. The van der Waals surface area contributed by atoms with Gasteiger partial charge in [0.05, 0.1) is 9.95 Å². The Balaban J connectivity index is 2.54. The van der Waals surface area contributed by atoms with E-state index in [4.69, 9.17) is 22.2 Å². The van der Waals surface area contributed by atoms with Crippen molar-refractivity contribution < 1.29 is 9.66 Å². The first-order valence-corrected chi connectivity index (χ1v) is 6.72. The van der Waals surface area contributed by atoms with Crippen LogP contribution in [0.2, 0.25) is 5.02 Å². The van der Waals surface area contributed by atoms with Crippen molar-refractivity contribution in [2.45, 2.75) is 6.92 Å². The molecule has 2 rings (SSSR count). The van der Waals surface area contributed by atoms with E-state index in [9.17, 15) is 10.1 Å². The summed E-state index contributed by atoms with van der Waals surface area (Å²) < 4.78 is 6.16. The Morgan fingerprint density at radius 2 is 2.19 bits per heavy atom. The summed E-state index contributed by atoms with van der Waals surface area (Å²) in [5.41, 5.74) is 1.98. The second kappa shape index (κ2) is 6.20. The van der Waals surface area contributed by atoms with E-state index in [1.807, 2.05) is 0 Å². The van der Waals surface area contributed by atoms with Crippen molar-refractivity contribution in [3.8, 4) is 11.6 Å². The minimum Gasteiger partial charge on any atom is -0.432 e. The summed E-state index contributed by atoms with van der Waals surface area (Å²) in [7, 11) is 0. The van der Waals surface area contributed by atoms with Crippen LogP contribution in [0, 0.1) is 17.0 Å². The van der Waals surface area contributed by atoms with Gasteiger partial charge < -0.3 is 4.74 Å². The lowest BCUT2D eigenvalue weighted by Crippen LogP contribution is -2.12. The molecule has 2 aromatic rings. The summed E-state index contributed by atoms with van der Waals surface area (Å²) in [5.74, 6) is 5.19. The van der Waals surface area contributed by atoms with Crippen LogP contribution in [0.4, 0.5) is 11.6 Å². The quantitative estimate of drug-likeness (QED) is 0.479. The first-order valence-electron chi connectivity index (χ1n) is 5.55. The van der Waals surface area contributed by atoms with Gasteiger partial charge in [-0.25, -0.2) is 10.8 Å². The summed E-state index contributed by atoms with van der Waals surface area (Å²) in [5, 5.41) is 11.4. The number of aryl methyl sites for hydroxylation is 1. The number of hydrazine groups is 1. The van der Waals surface area contributed by atoms with E-state index in [0.717, 1.165) is 0 Å². The molecule has 1 aromatic heterocycles. The Morgan fingerprint density at radius 3 is 2.81 bits per heavy atom. The third-order valence-electron chi connectivity index (χ3n) is 2.44. The molecule has 0 saturated carbocycles. The van der Waals surface area contributed by atoms with Crippen molar-refractivity contribution in [1.29, 1.82) is 0 Å². The number of nitrogen functional groups attached to an aromatic ring is 1. The molecule has 0 unspecified atom stereocenters. The molecule has 21 heavy (non-hydrogen) atoms. The van der Waals surface area contributed by atoms with Gasteiger partial charge in [0, 0.05) is 4.47 Å². The molecule has 1 aromatic carbocycles. The average molecular weight is 375 g/mol. The van der Waals surface area contributed by atoms with Crippen molar-refractivity contribution in [2.24, 2.45) is 5.84 Å². The highest BCUT2D eigenvalue weighted by Crippen LogP contribution is 2.36. The van der Waals surface area contributed by atoms with Crippen LogP contribution in [0.15, 0.2) is 22.7 Å². The zero-order chi connectivity index (χ0) is 15.6. The third-order valence-corrected chi connectivity index (χ3v) is 3.24. The lowest BCUT2D eigenvalue weighted by molar-refractivity contribution is -0.386. The number of nitrogens with one attached hydrogen (secondary N) is 1. The SMILES string of the molecule is Cc1nc(NN)nc(Oc2cc(Br)ccc2Cl)c1[N+](=O)[O-]. The van der Waals surface area contributed by atoms with Gasteiger partial charge in [-0.1, -0.05) is 27.5 Å². The largest absolute Gasteiger partial charge is 0.432 e. The summed E-state index contributed by atoms with van der Waals surface area (Å²) in [6, 6.07) is 4.86. The standard InChI is InChI=1S/C11H9BrClN5O3/c1-5-9(18(19)20)10(16-11(15-5)17-14)21-8-4-6(12)2-3-7(8)13/h2-4H,14H2,1H3,(H,15,16,17). The topological polar surface area (TPSA) is 116 Å². The molecular formula is C11H9BrClN5O3. The Bertz CT molecular complexity index is 712. The molecule has 3 N–H and O–H groups in total. The molecule has 0 bridgehead atoms. The van der Waals surface area contributed by atoms with E-state index >= 15 is 0 Å². The number of aromatic nitrogens is 2. The fourth-order valence-electron chi connectivity index (χ4n) is 1.55. The summed E-state index contributed by atoms with van der Waals surface area (Å²) >= 11 is 9.25. The molecule has 10 heteroatoms. The molecular weight excluding hydrogens is 366 g/mol. The molecule has 0 radical (unpaired) electrons. The Kier molecular flexibility index (Phi) is 4.56. The molecule has 0 amide bonds. The monoisotopic (exact) mass is 373 g/mol. The van der Waals surface area contributed by atoms with Crippen LogP contribution in [-0.2, 0) is 0 Å². The number of rotatable bonds is 4. The molecule has 0 aliphatic rings. The van der Waals surface area contributed by atoms with Gasteiger partial charge in [0.1, 0.15) is 11.4 Å². The van der Waals surface area contributed by atoms with Crippen LogP contribution in [-0.4, -0.2) is 14.9 Å². The van der Waals surface area contributed by atoms with Gasteiger partial charge in [0.2, 0.25) is 5.95 Å². The minimum absolute atomic E-state index is 0.000723. The Hall–Kier alpha value is -1.97. The smallest absolute Gasteiger partial charge is 0.352 e. The van der Waals surface area contributed by atoms with E-state index < -0.39 is 4.92 Å². The van der Waals surface area contributed by atoms with Crippen molar-refractivity contribution in [3.05, 3.63) is 43.5 Å². The van der Waals surface area contributed by atoms with Gasteiger partial charge >= 0.3 is 11.6 Å². The number of nitro groups is 1. The van der Waals surface area contributed by atoms with Gasteiger partial charge in [-0.2, -0.15) is 4.98 Å². The summed E-state index contributed by atoms with van der Waals surface area (Å²) in [6.07, 6.45) is 0. The van der Waals surface area contributed by atoms with Crippen molar-refractivity contribution in [2.75, 3.05) is 5.43 Å². The zero-order valence-electron chi connectivity index (χ0n) is 10.6. The highest BCUT2D eigenvalue weighted by Gasteiger charge is 2.24. The minimum atomic E-state index is -0.628. The lowest BCUT2D eigenvalue weighted by Gasteiger charge is -2.09. The second-order valence-electron chi connectivity index (χ2n) is 3.86. The molecule has 0 aliphatic heterocycles. The predicted octanol–water partition coefficient (Wildman–Crippen LogP) is 3.19. The van der Waals surface area contributed by atoms with Crippen LogP contribution in [0.25, 0.3) is 0 Å². The fourth-order valence-corrected chi connectivity index (χ4v) is 2.04. The van der Waals surface area contributed by atoms with Crippen LogP contribution in [0.3, 0.4) is 0 Å². The summed E-state index contributed by atoms with van der Waals surface area (Å²) in [6.45, 7) is 1.45. The predicted molar refractivity (Wildman–Crippen MR) is 80.5 cm³/mol. The maximum Gasteiger partial charge on any atom is 0.352 e. The van der Waals surface area contributed by atoms with Gasteiger partial charge in [0.15, 0.2) is 0 Å². The number of hydrogen-bond acceptors (Lipinski definition) is 7. The average Bonchev–Trinajstić information content (AvgIpc) is 2.41. The number of nitrogens with zero attached hydrogens (tertiary/aromatic N) is 3. The molecule has 110 valence electrons. The number of nitrogens with two attached hydrogens (primary N) is 1. The highest BCUT2D eigenvalue weighted by atomic mass is 79.9. The van der Waals surface area contributed by atoms with E-state index in [2.05, 4.69) is 31.3 Å². The number of halogens is 2. The van der Waals surface area contributed by atoms with E-state index in [1.165, 1.54) is 6.92 Å². The molecule has 8 nitrogen and oxygen atoms in total. The van der Waals surface area contributed by atoms with Crippen molar-refractivity contribution in [1.82, 2.24) is 9.97 Å². The Labute approximate surface area is 132 Å². The van der Waals surface area contributed by atoms with Crippen LogP contribution in [0.5, 0.6) is 11.6 Å². The van der Waals surface area contributed by atoms with E-state index in [0.29, 0.717) is 4.47 Å². The van der Waals surface area contributed by atoms with Crippen molar-refractivity contribution >= 4 is 39.2 Å². The van der Waals surface area contributed by atoms with Gasteiger partial charge in [-0.3, -0.25) is 15.5 Å². The molecule has 0 fully saturated rings. The van der Waals surface area contributed by atoms with E-state index in [1.54, 1.807) is 18.2 Å². The number of ether oxygens (including phenoxy) is 1. The number of benzene rings is 1. The molecule has 0 saturated heterocycles. The van der Waals surface area contributed by atoms with Crippen LogP contribution in [0.1, 0.15) is 5.69 Å². The van der Waals surface area contributed by atoms with Gasteiger partial charge in [-0.15, -0.1) is 0 Å². The van der Waals surface area contributed by atoms with Crippen molar-refractivity contribution in [3.63, 3.8) is 0 Å². The van der Waals surface area contributed by atoms with Crippen LogP contribution < -0.4 is 16.0 Å². The number of hydrogen-bond donors (Lipinski definition) is 2. The first-order chi connectivity index (χ1) is 9.92. The molecule has 0 aliphatic carbocycles. The normalized spacial score (nSPS) is 10.3. The third kappa shape index (κ3) is 3.38. The maximum absolute atomic E-state index is 11.1. The summed E-state index contributed by atoms with van der Waals surface area (Å²) in [4.78, 5) is 18.2. The Morgan fingerprint density at radius 1 is 1.48 bits per heavy atom. The van der Waals surface area contributed by atoms with Gasteiger partial charge in [0.25, 0.3) is 0 Å². The molecule has 0 spiro atoms. The molecule has 1 heterocycles. The first kappa shape index (κ1) is 15.4. The van der Waals surface area contributed by atoms with Crippen LogP contribution >= 0.6 is 27.5 Å². The van der Waals surface area contributed by atoms with E-state index in [-0.39, 0.29) is 34.0 Å². The lowest BCUT2D eigenvalue weighted by atomic mass is 10.3. The molecule has 0 atom stereocenters. The number of anilines is 1. The second-order valence-corrected chi connectivity index (χ2v) is 5.19. The van der Waals surface area contributed by atoms with Gasteiger partial charge in [-0.05, 0) is 25.1 Å². The fraction of sp³-hybridized carbons (Fsp3) is 0.0909.